The van der Waals surface area contributed by atoms with E-state index in [4.69, 9.17) is 25.8 Å². The van der Waals surface area contributed by atoms with Crippen LogP contribution in [0.2, 0.25) is 5.02 Å². The van der Waals surface area contributed by atoms with Crippen LogP contribution in [0.3, 0.4) is 0 Å². The summed E-state index contributed by atoms with van der Waals surface area (Å²) in [6.07, 6.45) is 1.48. The number of hydrazone groups is 1. The number of methoxy groups -OCH3 is 2. The van der Waals surface area contributed by atoms with Gasteiger partial charge in [-0.1, -0.05) is 11.6 Å². The summed E-state index contributed by atoms with van der Waals surface area (Å²) in [6, 6.07) is 10.5. The fourth-order valence-electron chi connectivity index (χ4n) is 2.00. The third-order valence-electron chi connectivity index (χ3n) is 3.33. The first kappa shape index (κ1) is 18.6. The van der Waals surface area contributed by atoms with Gasteiger partial charge in [0.15, 0.2) is 6.61 Å². The largest absolute Gasteiger partial charge is 0.497 e. The Hall–Kier alpha value is -2.73. The van der Waals surface area contributed by atoms with Crippen molar-refractivity contribution in [3.8, 4) is 17.2 Å². The number of benzene rings is 2. The van der Waals surface area contributed by atoms with Crippen LogP contribution in [0, 0.1) is 6.92 Å². The highest BCUT2D eigenvalue weighted by Gasteiger charge is 2.05. The number of carbonyl (C=O) groups is 1. The van der Waals surface area contributed by atoms with Gasteiger partial charge in [0.2, 0.25) is 0 Å². The predicted molar refractivity (Wildman–Crippen MR) is 97.0 cm³/mol. The molecule has 25 heavy (non-hydrogen) atoms. The molecule has 0 radical (unpaired) electrons. The van der Waals surface area contributed by atoms with Crippen LogP contribution < -0.4 is 19.6 Å². The number of amides is 1. The molecular formula is C18H19ClN2O4. The second-order valence-electron chi connectivity index (χ2n) is 5.10. The lowest BCUT2D eigenvalue weighted by Crippen LogP contribution is -2.24. The van der Waals surface area contributed by atoms with Crippen molar-refractivity contribution in [2.45, 2.75) is 6.92 Å². The molecule has 0 saturated carbocycles. The maximum atomic E-state index is 11.8. The maximum absolute atomic E-state index is 11.8. The summed E-state index contributed by atoms with van der Waals surface area (Å²) in [4.78, 5) is 11.8. The van der Waals surface area contributed by atoms with Gasteiger partial charge in [0.05, 0.1) is 20.4 Å². The van der Waals surface area contributed by atoms with Gasteiger partial charge < -0.3 is 14.2 Å². The van der Waals surface area contributed by atoms with Gasteiger partial charge in [-0.25, -0.2) is 5.43 Å². The van der Waals surface area contributed by atoms with Gasteiger partial charge in [-0.3, -0.25) is 4.79 Å². The summed E-state index contributed by atoms with van der Waals surface area (Å²) in [7, 11) is 3.12. The zero-order valence-corrected chi connectivity index (χ0v) is 15.0. The Labute approximate surface area is 151 Å². The zero-order chi connectivity index (χ0) is 18.2. The Morgan fingerprint density at radius 2 is 1.92 bits per heavy atom. The number of nitrogens with one attached hydrogen (secondary N) is 1. The number of hydrogen-bond acceptors (Lipinski definition) is 5. The molecule has 7 heteroatoms. The summed E-state index contributed by atoms with van der Waals surface area (Å²) < 4.78 is 15.8. The van der Waals surface area contributed by atoms with E-state index < -0.39 is 0 Å². The van der Waals surface area contributed by atoms with E-state index in [1.54, 1.807) is 50.6 Å². The van der Waals surface area contributed by atoms with Gasteiger partial charge in [-0.15, -0.1) is 0 Å². The highest BCUT2D eigenvalue weighted by atomic mass is 35.5. The van der Waals surface area contributed by atoms with Crippen LogP contribution in [-0.2, 0) is 4.79 Å². The van der Waals surface area contributed by atoms with Crippen LogP contribution in [0.4, 0.5) is 0 Å². The van der Waals surface area contributed by atoms with Crippen LogP contribution in [0.15, 0.2) is 41.5 Å². The van der Waals surface area contributed by atoms with Crippen LogP contribution in [0.1, 0.15) is 11.1 Å². The van der Waals surface area contributed by atoms with Gasteiger partial charge in [0.1, 0.15) is 17.2 Å². The first-order valence-electron chi connectivity index (χ1n) is 7.46. The molecule has 0 aromatic heterocycles. The van der Waals surface area contributed by atoms with Gasteiger partial charge in [-0.05, 0) is 48.9 Å². The van der Waals surface area contributed by atoms with Gasteiger partial charge >= 0.3 is 0 Å². The van der Waals surface area contributed by atoms with E-state index in [1.807, 2.05) is 6.92 Å². The van der Waals surface area contributed by atoms with Gasteiger partial charge in [0.25, 0.3) is 5.91 Å². The van der Waals surface area contributed by atoms with Crippen molar-refractivity contribution in [1.29, 1.82) is 0 Å². The fourth-order valence-corrected chi connectivity index (χ4v) is 2.12. The van der Waals surface area contributed by atoms with Crippen LogP contribution >= 0.6 is 11.6 Å². The molecule has 0 aliphatic carbocycles. The average molecular weight is 363 g/mol. The summed E-state index contributed by atoms with van der Waals surface area (Å²) in [5.41, 5.74) is 3.95. The van der Waals surface area contributed by atoms with Gasteiger partial charge in [-0.2, -0.15) is 5.10 Å². The van der Waals surface area contributed by atoms with Crippen LogP contribution in [-0.4, -0.2) is 32.9 Å². The second kappa shape index (κ2) is 8.94. The van der Waals surface area contributed by atoms with E-state index in [2.05, 4.69) is 10.5 Å². The first-order valence-corrected chi connectivity index (χ1v) is 7.84. The third kappa shape index (κ3) is 5.39. The number of rotatable bonds is 7. The summed E-state index contributed by atoms with van der Waals surface area (Å²) in [5, 5.41) is 4.56. The quantitative estimate of drug-likeness (QED) is 0.606. The van der Waals surface area contributed by atoms with Crippen molar-refractivity contribution in [1.82, 2.24) is 5.43 Å². The highest BCUT2D eigenvalue weighted by Crippen LogP contribution is 2.22. The van der Waals surface area contributed by atoms with E-state index in [0.29, 0.717) is 27.8 Å². The third-order valence-corrected chi connectivity index (χ3v) is 3.75. The number of nitrogens with zero attached hydrogens (tertiary/aromatic N) is 1. The number of aryl methyl sites for hydroxylation is 1. The minimum atomic E-state index is -0.384. The van der Waals surface area contributed by atoms with Crippen LogP contribution in [0.5, 0.6) is 17.2 Å². The summed E-state index contributed by atoms with van der Waals surface area (Å²) in [5.74, 6) is 1.46. The molecule has 0 fully saturated rings. The molecule has 0 saturated heterocycles. The minimum absolute atomic E-state index is 0.159. The van der Waals surface area contributed by atoms with E-state index in [0.717, 1.165) is 5.56 Å². The predicted octanol–water partition coefficient (Wildman–Crippen LogP) is 3.19. The SMILES string of the molecule is COc1ccc(OC)c(/C=N/NC(=O)COc2ccc(Cl)c(C)c2)c1. The first-order chi connectivity index (χ1) is 12.0. The number of ether oxygens (including phenoxy) is 3. The van der Waals surface area contributed by atoms with Crippen molar-refractivity contribution < 1.29 is 19.0 Å². The standard InChI is InChI=1S/C18H19ClN2O4/c1-12-8-15(4-6-16(12)19)25-11-18(22)21-20-10-13-9-14(23-2)5-7-17(13)24-3/h4-10H,11H2,1-3H3,(H,21,22)/b20-10+. The van der Waals surface area contributed by atoms with Crippen molar-refractivity contribution >= 4 is 23.7 Å². The van der Waals surface area contributed by atoms with Crippen molar-refractivity contribution in [3.05, 3.63) is 52.5 Å². The lowest BCUT2D eigenvalue weighted by molar-refractivity contribution is -0.123. The van der Waals surface area contributed by atoms with Gasteiger partial charge in [0, 0.05) is 10.6 Å². The normalized spacial score (nSPS) is 10.6. The maximum Gasteiger partial charge on any atom is 0.277 e. The fraction of sp³-hybridized carbons (Fsp3) is 0.222. The molecule has 0 unspecified atom stereocenters. The molecule has 2 aromatic rings. The van der Waals surface area contributed by atoms with Crippen molar-refractivity contribution in [3.63, 3.8) is 0 Å². The smallest absolute Gasteiger partial charge is 0.277 e. The van der Waals surface area contributed by atoms with Crippen LogP contribution in [0.25, 0.3) is 0 Å². The molecule has 0 spiro atoms. The summed E-state index contributed by atoms with van der Waals surface area (Å²) in [6.45, 7) is 1.70. The van der Waals surface area contributed by atoms with E-state index in [1.165, 1.54) is 6.21 Å². The van der Waals surface area contributed by atoms with E-state index in [-0.39, 0.29) is 12.5 Å². The van der Waals surface area contributed by atoms with Crippen molar-refractivity contribution in [2.75, 3.05) is 20.8 Å². The molecule has 2 aromatic carbocycles. The Morgan fingerprint density at radius 3 is 2.60 bits per heavy atom. The summed E-state index contributed by atoms with van der Waals surface area (Å²) >= 11 is 5.94. The highest BCUT2D eigenvalue weighted by molar-refractivity contribution is 6.31. The van der Waals surface area contributed by atoms with E-state index >= 15 is 0 Å². The lowest BCUT2D eigenvalue weighted by Gasteiger charge is -2.07. The molecular weight excluding hydrogens is 344 g/mol. The Balaban J connectivity index is 1.91. The number of halogens is 1. The molecule has 0 heterocycles. The Kier molecular flexibility index (Phi) is 6.65. The molecule has 132 valence electrons. The number of hydrogen-bond donors (Lipinski definition) is 1. The molecule has 6 nitrogen and oxygen atoms in total. The zero-order valence-electron chi connectivity index (χ0n) is 14.2. The molecule has 2 rings (SSSR count). The Bertz CT molecular complexity index is 778. The molecule has 1 amide bonds. The monoisotopic (exact) mass is 362 g/mol. The minimum Gasteiger partial charge on any atom is -0.497 e. The lowest BCUT2D eigenvalue weighted by atomic mass is 10.2. The Morgan fingerprint density at radius 1 is 1.16 bits per heavy atom. The number of carbonyl (C=O) groups excluding carboxylic acids is 1. The second-order valence-corrected chi connectivity index (χ2v) is 5.51. The molecule has 0 atom stereocenters. The molecule has 0 bridgehead atoms. The molecule has 0 aliphatic rings. The molecule has 0 aliphatic heterocycles. The molecule has 1 N–H and O–H groups in total. The van der Waals surface area contributed by atoms with Crippen molar-refractivity contribution in [2.24, 2.45) is 5.10 Å². The van der Waals surface area contributed by atoms with E-state index in [9.17, 15) is 4.79 Å². The average Bonchev–Trinajstić information content (AvgIpc) is 2.62. The topological polar surface area (TPSA) is 69.2 Å².